The Labute approximate surface area is 145 Å². The molecule has 4 bridgehead atoms. The Bertz CT molecular complexity index is 558. The average molecular weight is 334 g/mol. The summed E-state index contributed by atoms with van der Waals surface area (Å²) in [7, 11) is 0. The molecule has 4 fully saturated rings. The van der Waals surface area contributed by atoms with E-state index in [1.54, 1.807) is 13.8 Å². The van der Waals surface area contributed by atoms with Gasteiger partial charge in [-0.15, -0.1) is 0 Å². The van der Waals surface area contributed by atoms with Crippen molar-refractivity contribution in [2.24, 2.45) is 16.7 Å². The van der Waals surface area contributed by atoms with Crippen molar-refractivity contribution in [3.8, 4) is 0 Å². The molecule has 4 atom stereocenters. The predicted molar refractivity (Wildman–Crippen MR) is 91.2 cm³/mol. The van der Waals surface area contributed by atoms with Crippen LogP contribution in [0.15, 0.2) is 12.2 Å². The molecule has 0 aliphatic heterocycles. The first-order chi connectivity index (χ1) is 11.0. The van der Waals surface area contributed by atoms with Gasteiger partial charge in [-0.05, 0) is 69.1 Å². The first-order valence-electron chi connectivity index (χ1n) is 9.13. The molecule has 4 rings (SSSR count). The van der Waals surface area contributed by atoms with E-state index >= 15 is 0 Å². The highest BCUT2D eigenvalue weighted by Gasteiger charge is 2.61. The summed E-state index contributed by atoms with van der Waals surface area (Å²) in [5.74, 6) is -0.181. The molecule has 0 aromatic rings. The zero-order valence-corrected chi connectivity index (χ0v) is 15.4. The van der Waals surface area contributed by atoms with Gasteiger partial charge in [0.05, 0.1) is 12.5 Å². The van der Waals surface area contributed by atoms with E-state index in [0.717, 1.165) is 19.3 Å². The molecular formula is C20H30O4. The van der Waals surface area contributed by atoms with Gasteiger partial charge in [0.15, 0.2) is 0 Å². The SMILES string of the molecule is C=C(CC(=O)OC12CC3C[C@@](C)(C1)C[C@](C)(C3)C2)C(=O)OC(C)C. The monoisotopic (exact) mass is 334 g/mol. The lowest BCUT2D eigenvalue weighted by Crippen LogP contribution is -2.60. The number of esters is 2. The van der Waals surface area contributed by atoms with E-state index in [-0.39, 0.29) is 29.7 Å². The van der Waals surface area contributed by atoms with Crippen molar-refractivity contribution in [3.63, 3.8) is 0 Å². The van der Waals surface area contributed by atoms with Crippen LogP contribution in [0.2, 0.25) is 0 Å². The lowest BCUT2D eigenvalue weighted by molar-refractivity contribution is -0.215. The van der Waals surface area contributed by atoms with Crippen LogP contribution in [0.3, 0.4) is 0 Å². The second-order valence-electron chi connectivity index (χ2n) is 9.52. The van der Waals surface area contributed by atoms with Crippen LogP contribution in [0, 0.1) is 16.7 Å². The quantitative estimate of drug-likeness (QED) is 0.559. The van der Waals surface area contributed by atoms with Gasteiger partial charge in [-0.3, -0.25) is 4.79 Å². The van der Waals surface area contributed by atoms with Crippen LogP contribution < -0.4 is 0 Å². The summed E-state index contributed by atoms with van der Waals surface area (Å²) in [5, 5.41) is 0. The summed E-state index contributed by atoms with van der Waals surface area (Å²) in [6.45, 7) is 11.9. The van der Waals surface area contributed by atoms with Crippen molar-refractivity contribution in [1.82, 2.24) is 0 Å². The van der Waals surface area contributed by atoms with E-state index in [1.165, 1.54) is 19.3 Å². The molecular weight excluding hydrogens is 304 g/mol. The fraction of sp³-hybridized carbons (Fsp3) is 0.800. The number of rotatable bonds is 5. The van der Waals surface area contributed by atoms with Crippen LogP contribution in [0.25, 0.3) is 0 Å². The molecule has 0 radical (unpaired) electrons. The molecule has 4 aliphatic carbocycles. The lowest BCUT2D eigenvalue weighted by atomic mass is 9.43. The summed E-state index contributed by atoms with van der Waals surface area (Å²) in [5.41, 5.74) is 0.433. The van der Waals surface area contributed by atoms with E-state index in [4.69, 9.17) is 9.47 Å². The summed E-state index contributed by atoms with van der Waals surface area (Å²) in [6.07, 6.45) is 6.36. The van der Waals surface area contributed by atoms with Crippen LogP contribution >= 0.6 is 0 Å². The summed E-state index contributed by atoms with van der Waals surface area (Å²) >= 11 is 0. The zero-order chi connectivity index (χ0) is 17.8. The van der Waals surface area contributed by atoms with E-state index in [9.17, 15) is 9.59 Å². The first-order valence-corrected chi connectivity index (χ1v) is 9.13. The Morgan fingerprint density at radius 3 is 2.17 bits per heavy atom. The smallest absolute Gasteiger partial charge is 0.334 e. The summed E-state index contributed by atoms with van der Waals surface area (Å²) < 4.78 is 11.1. The Morgan fingerprint density at radius 2 is 1.67 bits per heavy atom. The Hall–Kier alpha value is -1.32. The summed E-state index contributed by atoms with van der Waals surface area (Å²) in [6, 6.07) is 0. The van der Waals surface area contributed by atoms with Gasteiger partial charge in [-0.1, -0.05) is 20.4 Å². The van der Waals surface area contributed by atoms with Crippen molar-refractivity contribution >= 4 is 11.9 Å². The minimum atomic E-state index is -0.508. The number of hydrogen-bond donors (Lipinski definition) is 0. The number of carbonyl (C=O) groups is 2. The minimum Gasteiger partial charge on any atom is -0.460 e. The molecule has 24 heavy (non-hydrogen) atoms. The topological polar surface area (TPSA) is 52.6 Å². The van der Waals surface area contributed by atoms with Gasteiger partial charge < -0.3 is 9.47 Å². The highest BCUT2D eigenvalue weighted by atomic mass is 16.6. The Balaban J connectivity index is 1.64. The van der Waals surface area contributed by atoms with Gasteiger partial charge in [0.2, 0.25) is 0 Å². The highest BCUT2D eigenvalue weighted by molar-refractivity contribution is 5.93. The third kappa shape index (κ3) is 3.38. The first kappa shape index (κ1) is 17.5. The van der Waals surface area contributed by atoms with Gasteiger partial charge in [0.1, 0.15) is 5.60 Å². The number of carbonyl (C=O) groups excluding carboxylic acids is 2. The van der Waals surface area contributed by atoms with E-state index in [1.807, 2.05) is 0 Å². The van der Waals surface area contributed by atoms with Crippen LogP contribution in [-0.4, -0.2) is 23.6 Å². The van der Waals surface area contributed by atoms with Crippen molar-refractivity contribution in [2.45, 2.75) is 84.3 Å². The third-order valence-corrected chi connectivity index (χ3v) is 5.89. The van der Waals surface area contributed by atoms with Gasteiger partial charge in [0, 0.05) is 5.57 Å². The lowest BCUT2D eigenvalue weighted by Gasteiger charge is -2.64. The van der Waals surface area contributed by atoms with Crippen molar-refractivity contribution in [1.29, 1.82) is 0 Å². The van der Waals surface area contributed by atoms with Crippen LogP contribution in [0.4, 0.5) is 0 Å². The Kier molecular flexibility index (Phi) is 4.09. The highest BCUT2D eigenvalue weighted by Crippen LogP contribution is 2.67. The maximum Gasteiger partial charge on any atom is 0.334 e. The van der Waals surface area contributed by atoms with Gasteiger partial charge in [-0.2, -0.15) is 0 Å². The van der Waals surface area contributed by atoms with Gasteiger partial charge >= 0.3 is 11.9 Å². The predicted octanol–water partition coefficient (Wildman–Crippen LogP) is 4.18. The van der Waals surface area contributed by atoms with Gasteiger partial charge in [0.25, 0.3) is 0 Å². The molecule has 134 valence electrons. The molecule has 0 spiro atoms. The largest absolute Gasteiger partial charge is 0.460 e. The van der Waals surface area contributed by atoms with Crippen LogP contribution in [0.5, 0.6) is 0 Å². The normalized spacial score (nSPS) is 39.8. The second kappa shape index (κ2) is 5.60. The standard InChI is InChI=1S/C20H30O4/c1-13(2)23-17(22)14(3)6-16(21)24-20-9-15-7-18(4,11-20)10-19(5,8-15)12-20/h13,15H,3,6-12H2,1-2,4-5H3/t15?,18-,19+,20?. The minimum absolute atomic E-state index is 0.0780. The molecule has 0 aromatic heterocycles. The molecule has 0 N–H and O–H groups in total. The fourth-order valence-corrected chi connectivity index (χ4v) is 6.28. The van der Waals surface area contributed by atoms with Crippen LogP contribution in [-0.2, 0) is 19.1 Å². The molecule has 0 aromatic carbocycles. The maximum absolute atomic E-state index is 12.4. The molecule has 4 nitrogen and oxygen atoms in total. The van der Waals surface area contributed by atoms with E-state index in [0.29, 0.717) is 16.7 Å². The van der Waals surface area contributed by atoms with Gasteiger partial charge in [-0.25, -0.2) is 4.79 Å². The maximum atomic E-state index is 12.4. The Morgan fingerprint density at radius 1 is 1.08 bits per heavy atom. The second-order valence-corrected chi connectivity index (χ2v) is 9.52. The number of ether oxygens (including phenoxy) is 2. The van der Waals surface area contributed by atoms with E-state index in [2.05, 4.69) is 20.4 Å². The molecule has 0 amide bonds. The third-order valence-electron chi connectivity index (χ3n) is 5.89. The van der Waals surface area contributed by atoms with Crippen LogP contribution in [0.1, 0.15) is 72.6 Å². The molecule has 4 aliphatic rings. The van der Waals surface area contributed by atoms with Crippen molar-refractivity contribution in [3.05, 3.63) is 12.2 Å². The molecule has 0 saturated heterocycles. The van der Waals surface area contributed by atoms with Crippen molar-refractivity contribution < 1.29 is 19.1 Å². The molecule has 4 heteroatoms. The average Bonchev–Trinajstić information content (AvgIpc) is 2.31. The summed E-state index contributed by atoms with van der Waals surface area (Å²) in [4.78, 5) is 24.3. The molecule has 2 unspecified atom stereocenters. The van der Waals surface area contributed by atoms with E-state index < -0.39 is 5.97 Å². The molecule has 4 saturated carbocycles. The molecule has 0 heterocycles. The fourth-order valence-electron chi connectivity index (χ4n) is 6.28. The zero-order valence-electron chi connectivity index (χ0n) is 15.4. The number of hydrogen-bond acceptors (Lipinski definition) is 4. The van der Waals surface area contributed by atoms with Crippen molar-refractivity contribution in [2.75, 3.05) is 0 Å².